The molecule has 0 bridgehead atoms. The third-order valence-electron chi connectivity index (χ3n) is 6.20. The minimum absolute atomic E-state index is 0.00202. The molecule has 0 aromatic heterocycles. The van der Waals surface area contributed by atoms with Crippen LogP contribution in [0.4, 0.5) is 5.69 Å². The lowest BCUT2D eigenvalue weighted by molar-refractivity contribution is -0.124. The molecule has 0 spiro atoms. The first-order valence-corrected chi connectivity index (χ1v) is 12.0. The highest BCUT2D eigenvalue weighted by atomic mass is 32.2. The van der Waals surface area contributed by atoms with Crippen LogP contribution in [0, 0.1) is 5.92 Å². The molecule has 1 saturated heterocycles. The van der Waals surface area contributed by atoms with Gasteiger partial charge in [0.05, 0.1) is 31.9 Å². The second-order valence-electron chi connectivity index (χ2n) is 8.30. The van der Waals surface area contributed by atoms with Crippen LogP contribution in [0.2, 0.25) is 0 Å². The van der Waals surface area contributed by atoms with Gasteiger partial charge in [0.2, 0.25) is 5.75 Å². The first-order valence-electron chi connectivity index (χ1n) is 11.2. The van der Waals surface area contributed by atoms with Crippen LogP contribution >= 0.6 is 11.8 Å². The molecule has 2 atom stereocenters. The second-order valence-corrected chi connectivity index (χ2v) is 9.31. The quantitative estimate of drug-likeness (QED) is 0.497. The van der Waals surface area contributed by atoms with Crippen molar-refractivity contribution in [3.05, 3.63) is 52.9 Å². The Morgan fingerprint density at radius 2 is 1.67 bits per heavy atom. The summed E-state index contributed by atoms with van der Waals surface area (Å²) in [7, 11) is 4.74. The van der Waals surface area contributed by atoms with E-state index >= 15 is 0 Å². The van der Waals surface area contributed by atoms with Crippen molar-refractivity contribution in [2.24, 2.45) is 10.9 Å². The van der Waals surface area contributed by atoms with Crippen molar-refractivity contribution in [3.8, 4) is 17.2 Å². The Balaban J connectivity index is 1.75. The van der Waals surface area contributed by atoms with Crippen LogP contribution in [0.25, 0.3) is 6.08 Å². The van der Waals surface area contributed by atoms with Crippen LogP contribution in [0.3, 0.4) is 0 Å². The summed E-state index contributed by atoms with van der Waals surface area (Å²) in [4.78, 5) is 21.1. The van der Waals surface area contributed by atoms with Gasteiger partial charge in [0.25, 0.3) is 5.91 Å². The minimum Gasteiger partial charge on any atom is -0.493 e. The first-order chi connectivity index (χ1) is 16.0. The van der Waals surface area contributed by atoms with Gasteiger partial charge >= 0.3 is 0 Å². The highest BCUT2D eigenvalue weighted by Gasteiger charge is 2.41. The largest absolute Gasteiger partial charge is 0.493 e. The Morgan fingerprint density at radius 1 is 1.00 bits per heavy atom. The molecule has 2 aliphatic rings. The van der Waals surface area contributed by atoms with E-state index in [-0.39, 0.29) is 11.9 Å². The molecule has 1 aliphatic heterocycles. The summed E-state index contributed by atoms with van der Waals surface area (Å²) in [6.07, 6.45) is 6.36. The van der Waals surface area contributed by atoms with Gasteiger partial charge in [-0.15, -0.1) is 0 Å². The lowest BCUT2D eigenvalue weighted by Gasteiger charge is -2.35. The fraction of sp³-hybridized carbons (Fsp3) is 0.385. The third-order valence-corrected chi connectivity index (χ3v) is 7.18. The number of thioether (sulfide) groups is 1. The van der Waals surface area contributed by atoms with E-state index in [0.717, 1.165) is 35.7 Å². The molecule has 1 amide bonds. The maximum absolute atomic E-state index is 13.7. The average Bonchev–Trinajstić information content (AvgIpc) is 3.13. The highest BCUT2D eigenvalue weighted by molar-refractivity contribution is 8.18. The van der Waals surface area contributed by atoms with E-state index < -0.39 is 0 Å². The van der Waals surface area contributed by atoms with Gasteiger partial charge in [-0.2, -0.15) is 0 Å². The van der Waals surface area contributed by atoms with E-state index in [0.29, 0.717) is 28.1 Å². The molecule has 6 nitrogen and oxygen atoms in total. The standard InChI is InChI=1S/C26H30N2O4S/c1-17-10-8-9-13-20(17)28-25(29)23(33-26(28)27-19-11-6-5-7-12-19)16-18-14-21(30-2)24(32-4)22(15-18)31-3/h5-7,11-12,14-17,20H,8-10,13H2,1-4H3/b23-16-,27-26?/t17-,20+/m0/s1. The van der Waals surface area contributed by atoms with Crippen LogP contribution in [0.15, 0.2) is 52.4 Å². The van der Waals surface area contributed by atoms with Crippen molar-refractivity contribution in [2.45, 2.75) is 38.6 Å². The van der Waals surface area contributed by atoms with Gasteiger partial charge in [-0.05, 0) is 66.4 Å². The summed E-state index contributed by atoms with van der Waals surface area (Å²) in [5, 5.41) is 0.739. The lowest BCUT2D eigenvalue weighted by Crippen LogP contribution is -2.44. The number of hydrogen-bond acceptors (Lipinski definition) is 6. The van der Waals surface area contributed by atoms with E-state index in [1.165, 1.54) is 18.2 Å². The number of aliphatic imine (C=N–C) groups is 1. The van der Waals surface area contributed by atoms with Crippen LogP contribution in [-0.2, 0) is 4.79 Å². The maximum atomic E-state index is 13.7. The predicted octanol–water partition coefficient (Wildman–Crippen LogP) is 5.90. The molecule has 1 heterocycles. The first kappa shape index (κ1) is 23.2. The Bertz CT molecular complexity index is 1040. The Kier molecular flexibility index (Phi) is 7.28. The van der Waals surface area contributed by atoms with Crippen LogP contribution in [-0.4, -0.2) is 43.3 Å². The minimum atomic E-state index is 0.00202. The second kappa shape index (κ2) is 10.3. The van der Waals surface area contributed by atoms with Crippen LogP contribution in [0.1, 0.15) is 38.2 Å². The molecule has 7 heteroatoms. The number of amides is 1. The summed E-state index contributed by atoms with van der Waals surface area (Å²) >= 11 is 1.42. The summed E-state index contributed by atoms with van der Waals surface area (Å²) < 4.78 is 16.4. The van der Waals surface area contributed by atoms with Gasteiger partial charge in [0, 0.05) is 6.04 Å². The van der Waals surface area contributed by atoms with Crippen molar-refractivity contribution in [2.75, 3.05) is 21.3 Å². The number of para-hydroxylation sites is 1. The molecule has 2 aromatic rings. The molecule has 0 N–H and O–H groups in total. The molecule has 2 aromatic carbocycles. The van der Waals surface area contributed by atoms with Crippen molar-refractivity contribution in [1.82, 2.24) is 4.90 Å². The molecular formula is C26H30N2O4S. The van der Waals surface area contributed by atoms with Crippen molar-refractivity contribution in [3.63, 3.8) is 0 Å². The fourth-order valence-corrected chi connectivity index (χ4v) is 5.53. The van der Waals surface area contributed by atoms with E-state index in [4.69, 9.17) is 19.2 Å². The van der Waals surface area contributed by atoms with Gasteiger partial charge in [-0.3, -0.25) is 9.69 Å². The van der Waals surface area contributed by atoms with Gasteiger partial charge < -0.3 is 14.2 Å². The lowest BCUT2D eigenvalue weighted by atomic mass is 9.85. The number of amidine groups is 1. The molecular weight excluding hydrogens is 436 g/mol. The number of methoxy groups -OCH3 is 3. The molecule has 1 aliphatic carbocycles. The van der Waals surface area contributed by atoms with Crippen molar-refractivity contribution in [1.29, 1.82) is 0 Å². The number of rotatable bonds is 6. The Hall–Kier alpha value is -2.93. The molecule has 0 radical (unpaired) electrons. The SMILES string of the molecule is COc1cc(/C=C2\SC(=Nc3ccccc3)N([C@@H]3CCCC[C@@H]3C)C2=O)cc(OC)c1OC. The summed E-state index contributed by atoms with van der Waals surface area (Å²) in [5.74, 6) is 2.06. The number of benzene rings is 2. The fourth-order valence-electron chi connectivity index (χ4n) is 4.49. The van der Waals surface area contributed by atoms with Crippen LogP contribution in [0.5, 0.6) is 17.2 Å². The van der Waals surface area contributed by atoms with Gasteiger partial charge in [-0.25, -0.2) is 4.99 Å². The number of hydrogen-bond donors (Lipinski definition) is 0. The van der Waals surface area contributed by atoms with Crippen molar-refractivity contribution >= 4 is 34.6 Å². The Labute approximate surface area is 199 Å². The normalized spacial score (nSPS) is 23.3. The monoisotopic (exact) mass is 466 g/mol. The topological polar surface area (TPSA) is 60.4 Å². The molecule has 2 fully saturated rings. The zero-order chi connectivity index (χ0) is 23.4. The average molecular weight is 467 g/mol. The summed E-state index contributed by atoms with van der Waals surface area (Å²) in [6, 6.07) is 13.7. The molecule has 0 unspecified atom stereocenters. The number of nitrogens with zero attached hydrogens (tertiary/aromatic N) is 2. The molecule has 174 valence electrons. The molecule has 4 rings (SSSR count). The van der Waals surface area contributed by atoms with Crippen LogP contribution < -0.4 is 14.2 Å². The van der Waals surface area contributed by atoms with E-state index in [9.17, 15) is 4.79 Å². The van der Waals surface area contributed by atoms with Crippen molar-refractivity contribution < 1.29 is 19.0 Å². The van der Waals surface area contributed by atoms with E-state index in [2.05, 4.69) is 6.92 Å². The maximum Gasteiger partial charge on any atom is 0.267 e. The third kappa shape index (κ3) is 4.88. The molecule has 1 saturated carbocycles. The zero-order valence-corrected chi connectivity index (χ0v) is 20.4. The highest BCUT2D eigenvalue weighted by Crippen LogP contribution is 2.42. The predicted molar refractivity (Wildman–Crippen MR) is 133 cm³/mol. The van der Waals surface area contributed by atoms with E-state index in [1.54, 1.807) is 21.3 Å². The number of carbonyl (C=O) groups is 1. The number of carbonyl (C=O) groups excluding carboxylic acids is 1. The smallest absolute Gasteiger partial charge is 0.267 e. The van der Waals surface area contributed by atoms with E-state index in [1.807, 2.05) is 53.4 Å². The van der Waals surface area contributed by atoms with Gasteiger partial charge in [-0.1, -0.05) is 38.0 Å². The number of ether oxygens (including phenoxy) is 3. The summed E-state index contributed by atoms with van der Waals surface area (Å²) in [5.41, 5.74) is 1.65. The van der Waals surface area contributed by atoms with Gasteiger partial charge in [0.1, 0.15) is 0 Å². The van der Waals surface area contributed by atoms with Gasteiger partial charge in [0.15, 0.2) is 16.7 Å². The zero-order valence-electron chi connectivity index (χ0n) is 19.5. The molecule has 33 heavy (non-hydrogen) atoms. The Morgan fingerprint density at radius 3 is 2.27 bits per heavy atom. The summed E-state index contributed by atoms with van der Waals surface area (Å²) in [6.45, 7) is 2.24.